The van der Waals surface area contributed by atoms with Gasteiger partial charge in [-0.2, -0.15) is 5.10 Å². The number of carbonyl (C=O) groups excluding carboxylic acids is 1. The van der Waals surface area contributed by atoms with E-state index < -0.39 is 16.6 Å². The van der Waals surface area contributed by atoms with Crippen LogP contribution in [-0.4, -0.2) is 20.6 Å². The molecule has 0 aliphatic carbocycles. The second kappa shape index (κ2) is 7.32. The summed E-state index contributed by atoms with van der Waals surface area (Å²) in [6.45, 7) is 0.0763. The van der Waals surface area contributed by atoms with Crippen molar-refractivity contribution in [3.63, 3.8) is 0 Å². The molecule has 0 saturated carbocycles. The van der Waals surface area contributed by atoms with E-state index in [1.165, 1.54) is 53.5 Å². The summed E-state index contributed by atoms with van der Waals surface area (Å²) in [6.07, 6.45) is 2.84. The van der Waals surface area contributed by atoms with Gasteiger partial charge < -0.3 is 5.32 Å². The van der Waals surface area contributed by atoms with Gasteiger partial charge in [0.05, 0.1) is 23.4 Å². The van der Waals surface area contributed by atoms with Gasteiger partial charge in [0.1, 0.15) is 11.4 Å². The molecule has 132 valence electrons. The van der Waals surface area contributed by atoms with Gasteiger partial charge in [-0.3, -0.25) is 19.6 Å². The van der Waals surface area contributed by atoms with E-state index in [1.807, 2.05) is 0 Å². The largest absolute Gasteiger partial charge is 0.319 e. The lowest BCUT2D eigenvalue weighted by atomic mass is 10.1. The van der Waals surface area contributed by atoms with Gasteiger partial charge >= 0.3 is 0 Å². The van der Waals surface area contributed by atoms with E-state index in [-0.39, 0.29) is 28.4 Å². The van der Waals surface area contributed by atoms with Crippen LogP contribution in [0.4, 0.5) is 15.8 Å². The first-order valence-electron chi connectivity index (χ1n) is 7.46. The molecule has 1 heterocycles. The fourth-order valence-electron chi connectivity index (χ4n) is 2.38. The molecule has 0 radical (unpaired) electrons. The number of nitrogens with zero attached hydrogens (tertiary/aromatic N) is 3. The number of hydrogen-bond acceptors (Lipinski definition) is 4. The van der Waals surface area contributed by atoms with Gasteiger partial charge in [-0.25, -0.2) is 4.39 Å². The molecule has 0 fully saturated rings. The highest BCUT2D eigenvalue weighted by atomic mass is 35.5. The lowest BCUT2D eigenvalue weighted by Gasteiger charge is -2.06. The number of aromatic nitrogens is 2. The molecule has 9 heteroatoms. The quantitative estimate of drug-likeness (QED) is 0.542. The molecule has 0 saturated heterocycles. The summed E-state index contributed by atoms with van der Waals surface area (Å²) in [5.41, 5.74) is 0.229. The van der Waals surface area contributed by atoms with Crippen LogP contribution in [0.5, 0.6) is 0 Å². The molecule has 0 spiro atoms. The maximum atomic E-state index is 13.8. The zero-order chi connectivity index (χ0) is 18.7. The van der Waals surface area contributed by atoms with Crippen LogP contribution in [0.3, 0.4) is 0 Å². The van der Waals surface area contributed by atoms with Crippen LogP contribution in [0, 0.1) is 15.9 Å². The standard InChI is InChI=1S/C17H12ClFN4O3/c18-14-5-3-6-15(19)13(14)10-22-9-11(8-20-22)21-17(24)12-4-1-2-7-16(12)23(25)26/h1-9H,10H2,(H,21,24). The van der Waals surface area contributed by atoms with Crippen LogP contribution < -0.4 is 5.32 Å². The summed E-state index contributed by atoms with van der Waals surface area (Å²) in [5.74, 6) is -1.10. The molecular formula is C17H12ClFN4O3. The lowest BCUT2D eigenvalue weighted by molar-refractivity contribution is -0.385. The summed E-state index contributed by atoms with van der Waals surface area (Å²) >= 11 is 5.98. The molecule has 0 atom stereocenters. The highest BCUT2D eigenvalue weighted by Crippen LogP contribution is 2.21. The maximum absolute atomic E-state index is 13.8. The van der Waals surface area contributed by atoms with E-state index in [1.54, 1.807) is 6.07 Å². The van der Waals surface area contributed by atoms with E-state index >= 15 is 0 Å². The van der Waals surface area contributed by atoms with Crippen molar-refractivity contribution in [1.29, 1.82) is 0 Å². The van der Waals surface area contributed by atoms with Crippen molar-refractivity contribution in [3.8, 4) is 0 Å². The average Bonchev–Trinajstić information content (AvgIpc) is 3.05. The fraction of sp³-hybridized carbons (Fsp3) is 0.0588. The number of rotatable bonds is 5. The van der Waals surface area contributed by atoms with Crippen LogP contribution in [0.25, 0.3) is 0 Å². The Balaban J connectivity index is 1.77. The molecular weight excluding hydrogens is 363 g/mol. The van der Waals surface area contributed by atoms with E-state index in [4.69, 9.17) is 11.6 Å². The number of carbonyl (C=O) groups is 1. The third kappa shape index (κ3) is 3.70. The number of nitro groups is 1. The van der Waals surface area contributed by atoms with E-state index in [2.05, 4.69) is 10.4 Å². The number of benzene rings is 2. The van der Waals surface area contributed by atoms with Crippen LogP contribution in [0.2, 0.25) is 5.02 Å². The molecule has 1 aromatic heterocycles. The van der Waals surface area contributed by atoms with Crippen molar-refractivity contribution in [1.82, 2.24) is 9.78 Å². The van der Waals surface area contributed by atoms with Gasteiger partial charge in [-0.15, -0.1) is 0 Å². The summed E-state index contributed by atoms with van der Waals surface area (Å²) < 4.78 is 15.2. The van der Waals surface area contributed by atoms with Crippen molar-refractivity contribution in [2.75, 3.05) is 5.32 Å². The van der Waals surface area contributed by atoms with Gasteiger partial charge in [0.15, 0.2) is 0 Å². The molecule has 0 aliphatic rings. The Morgan fingerprint density at radius 1 is 1.27 bits per heavy atom. The van der Waals surface area contributed by atoms with Crippen LogP contribution in [0.1, 0.15) is 15.9 Å². The summed E-state index contributed by atoms with van der Waals surface area (Å²) in [4.78, 5) is 22.7. The number of nitro benzene ring substituents is 1. The Morgan fingerprint density at radius 3 is 2.77 bits per heavy atom. The highest BCUT2D eigenvalue weighted by molar-refractivity contribution is 6.31. The second-order valence-electron chi connectivity index (χ2n) is 5.36. The van der Waals surface area contributed by atoms with Crippen molar-refractivity contribution in [2.45, 2.75) is 6.54 Å². The molecule has 1 N–H and O–H groups in total. The summed E-state index contributed by atoms with van der Waals surface area (Å²) in [6, 6.07) is 9.98. The molecule has 26 heavy (non-hydrogen) atoms. The lowest BCUT2D eigenvalue weighted by Crippen LogP contribution is -2.13. The smallest absolute Gasteiger partial charge is 0.282 e. The van der Waals surface area contributed by atoms with Crippen molar-refractivity contribution in [3.05, 3.63) is 86.9 Å². The van der Waals surface area contributed by atoms with Crippen LogP contribution >= 0.6 is 11.6 Å². The highest BCUT2D eigenvalue weighted by Gasteiger charge is 2.19. The number of para-hydroxylation sites is 1. The monoisotopic (exact) mass is 374 g/mol. The number of halogens is 2. The van der Waals surface area contributed by atoms with Crippen LogP contribution in [0.15, 0.2) is 54.9 Å². The minimum atomic E-state index is -0.638. The normalized spacial score (nSPS) is 10.5. The molecule has 0 unspecified atom stereocenters. The maximum Gasteiger partial charge on any atom is 0.282 e. The Labute approximate surface area is 152 Å². The molecule has 0 bridgehead atoms. The first kappa shape index (κ1) is 17.6. The van der Waals surface area contributed by atoms with Gasteiger partial charge in [-0.1, -0.05) is 29.8 Å². The summed E-state index contributed by atoms with van der Waals surface area (Å²) in [5, 5.41) is 17.9. The number of nitrogens with one attached hydrogen (secondary N) is 1. The van der Waals surface area contributed by atoms with Gasteiger partial charge in [-0.05, 0) is 18.2 Å². The first-order valence-corrected chi connectivity index (χ1v) is 7.83. The molecule has 0 aliphatic heterocycles. The van der Waals surface area contributed by atoms with Crippen molar-refractivity contribution in [2.24, 2.45) is 0 Å². The van der Waals surface area contributed by atoms with E-state index in [0.717, 1.165) is 0 Å². The Morgan fingerprint density at radius 2 is 2.04 bits per heavy atom. The third-order valence-corrected chi connectivity index (χ3v) is 3.97. The zero-order valence-corrected chi connectivity index (χ0v) is 14.0. The van der Waals surface area contributed by atoms with Crippen molar-refractivity contribution < 1.29 is 14.1 Å². The van der Waals surface area contributed by atoms with Crippen molar-refractivity contribution >= 4 is 28.9 Å². The average molecular weight is 375 g/mol. The predicted octanol–water partition coefficient (Wildman–Crippen LogP) is 3.88. The van der Waals surface area contributed by atoms with E-state index in [0.29, 0.717) is 5.69 Å². The first-order chi connectivity index (χ1) is 12.5. The Hall–Kier alpha value is -3.26. The zero-order valence-electron chi connectivity index (χ0n) is 13.2. The fourth-order valence-corrected chi connectivity index (χ4v) is 2.61. The molecule has 1 amide bonds. The molecule has 7 nitrogen and oxygen atoms in total. The number of amides is 1. The third-order valence-electron chi connectivity index (χ3n) is 3.62. The second-order valence-corrected chi connectivity index (χ2v) is 5.76. The molecule has 3 rings (SSSR count). The predicted molar refractivity (Wildman–Crippen MR) is 93.8 cm³/mol. The Kier molecular flexibility index (Phi) is 4.94. The SMILES string of the molecule is O=C(Nc1cnn(Cc2c(F)cccc2Cl)c1)c1ccccc1[N+](=O)[O-]. The number of anilines is 1. The minimum Gasteiger partial charge on any atom is -0.319 e. The van der Waals surface area contributed by atoms with Gasteiger partial charge in [0, 0.05) is 22.8 Å². The van der Waals surface area contributed by atoms with Gasteiger partial charge in [0.25, 0.3) is 11.6 Å². The van der Waals surface area contributed by atoms with Gasteiger partial charge in [0.2, 0.25) is 0 Å². The van der Waals surface area contributed by atoms with E-state index in [9.17, 15) is 19.3 Å². The topological polar surface area (TPSA) is 90.1 Å². The Bertz CT molecular complexity index is 969. The molecule has 2 aromatic carbocycles. The molecule has 3 aromatic rings. The minimum absolute atomic E-state index is 0.0672. The van der Waals surface area contributed by atoms with Crippen LogP contribution in [-0.2, 0) is 6.54 Å². The number of hydrogen-bond donors (Lipinski definition) is 1. The summed E-state index contributed by atoms with van der Waals surface area (Å²) in [7, 11) is 0.